The van der Waals surface area contributed by atoms with Crippen LogP contribution in [0.3, 0.4) is 0 Å². The van der Waals surface area contributed by atoms with E-state index in [-0.39, 0.29) is 5.91 Å². The molecule has 1 amide bonds. The number of rotatable bonds is 3. The summed E-state index contributed by atoms with van der Waals surface area (Å²) in [5.74, 6) is 0.563. The molecule has 0 fully saturated rings. The van der Waals surface area contributed by atoms with Crippen LogP contribution in [-0.2, 0) is 4.79 Å². The van der Waals surface area contributed by atoms with Gasteiger partial charge in [-0.2, -0.15) is 0 Å². The SMILES string of the molecule is Cc1nc(NC(=O)CCBr)ccc1Br. The van der Waals surface area contributed by atoms with Gasteiger partial charge in [0.25, 0.3) is 0 Å². The third-order valence-electron chi connectivity index (χ3n) is 1.61. The van der Waals surface area contributed by atoms with E-state index in [1.807, 2.05) is 13.0 Å². The average molecular weight is 322 g/mol. The summed E-state index contributed by atoms with van der Waals surface area (Å²) < 4.78 is 0.941. The predicted octanol–water partition coefficient (Wildman–Crippen LogP) is 2.88. The number of nitrogens with zero attached hydrogens (tertiary/aromatic N) is 1. The Kier molecular flexibility index (Phi) is 4.54. The van der Waals surface area contributed by atoms with Crippen LogP contribution in [0.4, 0.5) is 5.82 Å². The maximum absolute atomic E-state index is 11.2. The Balaban J connectivity index is 2.68. The molecule has 76 valence electrons. The summed E-state index contributed by atoms with van der Waals surface area (Å²) in [7, 11) is 0. The van der Waals surface area contributed by atoms with Gasteiger partial charge in [0.05, 0.1) is 5.69 Å². The molecule has 0 radical (unpaired) electrons. The highest BCUT2D eigenvalue weighted by Gasteiger charge is 2.03. The van der Waals surface area contributed by atoms with E-state index < -0.39 is 0 Å². The summed E-state index contributed by atoms with van der Waals surface area (Å²) in [6.45, 7) is 1.88. The predicted molar refractivity (Wildman–Crippen MR) is 63.7 cm³/mol. The minimum absolute atomic E-state index is 0.0314. The summed E-state index contributed by atoms with van der Waals surface area (Å²) in [4.78, 5) is 15.4. The minimum atomic E-state index is -0.0314. The summed E-state index contributed by atoms with van der Waals surface area (Å²) in [6.07, 6.45) is 0.455. The van der Waals surface area contributed by atoms with Gasteiger partial charge >= 0.3 is 0 Å². The highest BCUT2D eigenvalue weighted by molar-refractivity contribution is 9.10. The van der Waals surface area contributed by atoms with Crippen LogP contribution in [0.15, 0.2) is 16.6 Å². The molecular formula is C9H10Br2N2O. The number of hydrogen-bond acceptors (Lipinski definition) is 2. The summed E-state index contributed by atoms with van der Waals surface area (Å²) in [6, 6.07) is 3.63. The standard InChI is InChI=1S/C9H10Br2N2O/c1-6-7(11)2-3-8(12-6)13-9(14)4-5-10/h2-3H,4-5H2,1H3,(H,12,13,14). The van der Waals surface area contributed by atoms with E-state index in [2.05, 4.69) is 42.2 Å². The lowest BCUT2D eigenvalue weighted by molar-refractivity contribution is -0.115. The number of aromatic nitrogens is 1. The molecule has 0 atom stereocenters. The fraction of sp³-hybridized carbons (Fsp3) is 0.333. The van der Waals surface area contributed by atoms with Gasteiger partial charge < -0.3 is 5.32 Å². The molecule has 0 aliphatic carbocycles. The number of alkyl halides is 1. The fourth-order valence-corrected chi connectivity index (χ4v) is 1.49. The normalized spacial score (nSPS) is 9.93. The van der Waals surface area contributed by atoms with E-state index in [1.165, 1.54) is 0 Å². The molecule has 14 heavy (non-hydrogen) atoms. The lowest BCUT2D eigenvalue weighted by Crippen LogP contribution is -2.12. The molecule has 0 spiro atoms. The van der Waals surface area contributed by atoms with E-state index in [1.54, 1.807) is 6.07 Å². The van der Waals surface area contributed by atoms with Crippen molar-refractivity contribution >= 4 is 43.6 Å². The molecule has 0 saturated heterocycles. The number of halogens is 2. The quantitative estimate of drug-likeness (QED) is 0.870. The van der Waals surface area contributed by atoms with Gasteiger partial charge in [-0.1, -0.05) is 15.9 Å². The summed E-state index contributed by atoms with van der Waals surface area (Å²) in [5, 5.41) is 3.37. The van der Waals surface area contributed by atoms with Crippen molar-refractivity contribution in [3.05, 3.63) is 22.3 Å². The second-order valence-electron chi connectivity index (χ2n) is 2.75. The minimum Gasteiger partial charge on any atom is -0.311 e. The first kappa shape index (κ1) is 11.7. The molecular weight excluding hydrogens is 312 g/mol. The van der Waals surface area contributed by atoms with Gasteiger partial charge in [-0.15, -0.1) is 0 Å². The topological polar surface area (TPSA) is 42.0 Å². The number of amides is 1. The lowest BCUT2D eigenvalue weighted by Gasteiger charge is -2.04. The molecule has 1 aromatic heterocycles. The van der Waals surface area contributed by atoms with Crippen LogP contribution < -0.4 is 5.32 Å². The third-order valence-corrected chi connectivity index (χ3v) is 2.85. The molecule has 3 nitrogen and oxygen atoms in total. The lowest BCUT2D eigenvalue weighted by atomic mass is 10.3. The van der Waals surface area contributed by atoms with Gasteiger partial charge in [0, 0.05) is 16.2 Å². The number of pyridine rings is 1. The van der Waals surface area contributed by atoms with Crippen LogP contribution >= 0.6 is 31.9 Å². The summed E-state index contributed by atoms with van der Waals surface area (Å²) >= 11 is 6.54. The number of hydrogen-bond donors (Lipinski definition) is 1. The monoisotopic (exact) mass is 320 g/mol. The van der Waals surface area contributed by atoms with Crippen molar-refractivity contribution in [1.29, 1.82) is 0 Å². The molecule has 1 rings (SSSR count). The third kappa shape index (κ3) is 3.38. The zero-order valence-electron chi connectivity index (χ0n) is 7.68. The number of carbonyl (C=O) groups excluding carboxylic acids is 1. The van der Waals surface area contributed by atoms with Crippen LogP contribution in [0, 0.1) is 6.92 Å². The van der Waals surface area contributed by atoms with Crippen LogP contribution in [0.5, 0.6) is 0 Å². The van der Waals surface area contributed by atoms with E-state index in [9.17, 15) is 4.79 Å². The van der Waals surface area contributed by atoms with Crippen LogP contribution in [0.1, 0.15) is 12.1 Å². The maximum Gasteiger partial charge on any atom is 0.226 e. The molecule has 1 N–H and O–H groups in total. The van der Waals surface area contributed by atoms with Gasteiger partial charge in [0.2, 0.25) is 5.91 Å². The van der Waals surface area contributed by atoms with Gasteiger partial charge in [-0.3, -0.25) is 4.79 Å². The molecule has 0 saturated carbocycles. The van der Waals surface area contributed by atoms with Crippen molar-refractivity contribution in [2.45, 2.75) is 13.3 Å². The Morgan fingerprint density at radius 1 is 1.57 bits per heavy atom. The van der Waals surface area contributed by atoms with Crippen molar-refractivity contribution < 1.29 is 4.79 Å². The van der Waals surface area contributed by atoms with Crippen molar-refractivity contribution in [1.82, 2.24) is 4.98 Å². The average Bonchev–Trinajstić information content (AvgIpc) is 2.12. The Labute approximate surface area is 99.6 Å². The van der Waals surface area contributed by atoms with Crippen molar-refractivity contribution in [3.8, 4) is 0 Å². The molecule has 1 heterocycles. The second kappa shape index (κ2) is 5.46. The van der Waals surface area contributed by atoms with Gasteiger partial charge in [0.15, 0.2) is 0 Å². The maximum atomic E-state index is 11.2. The highest BCUT2D eigenvalue weighted by Crippen LogP contribution is 2.16. The fourth-order valence-electron chi connectivity index (χ4n) is 0.905. The van der Waals surface area contributed by atoms with Crippen molar-refractivity contribution in [2.24, 2.45) is 0 Å². The van der Waals surface area contributed by atoms with Crippen molar-refractivity contribution in [3.63, 3.8) is 0 Å². The Morgan fingerprint density at radius 2 is 2.29 bits per heavy atom. The van der Waals surface area contributed by atoms with Crippen molar-refractivity contribution in [2.75, 3.05) is 10.6 Å². The zero-order chi connectivity index (χ0) is 10.6. The largest absolute Gasteiger partial charge is 0.311 e. The Bertz CT molecular complexity index is 342. The molecule has 5 heteroatoms. The molecule has 0 bridgehead atoms. The van der Waals surface area contributed by atoms with E-state index in [0.717, 1.165) is 10.2 Å². The Morgan fingerprint density at radius 3 is 2.86 bits per heavy atom. The zero-order valence-corrected chi connectivity index (χ0v) is 10.9. The van der Waals surface area contributed by atoms with Gasteiger partial charge in [0.1, 0.15) is 5.82 Å². The highest BCUT2D eigenvalue weighted by atomic mass is 79.9. The van der Waals surface area contributed by atoms with E-state index >= 15 is 0 Å². The van der Waals surface area contributed by atoms with Crippen LogP contribution in [0.2, 0.25) is 0 Å². The van der Waals surface area contributed by atoms with Crippen LogP contribution in [-0.4, -0.2) is 16.2 Å². The smallest absolute Gasteiger partial charge is 0.226 e. The van der Waals surface area contributed by atoms with Crippen LogP contribution in [0.25, 0.3) is 0 Å². The number of aryl methyl sites for hydroxylation is 1. The molecule has 1 aromatic rings. The molecule has 0 unspecified atom stereocenters. The number of carbonyl (C=O) groups is 1. The van der Waals surface area contributed by atoms with Gasteiger partial charge in [-0.25, -0.2) is 4.98 Å². The van der Waals surface area contributed by atoms with Gasteiger partial charge in [-0.05, 0) is 35.0 Å². The second-order valence-corrected chi connectivity index (χ2v) is 4.40. The first-order chi connectivity index (χ1) is 6.63. The first-order valence-electron chi connectivity index (χ1n) is 4.12. The first-order valence-corrected chi connectivity index (χ1v) is 6.04. The van der Waals surface area contributed by atoms with E-state index in [4.69, 9.17) is 0 Å². The number of anilines is 1. The molecule has 0 aliphatic heterocycles. The molecule has 0 aliphatic rings. The Hall–Kier alpha value is -0.420. The number of nitrogens with one attached hydrogen (secondary N) is 1. The van der Waals surface area contributed by atoms with E-state index in [0.29, 0.717) is 17.6 Å². The molecule has 0 aromatic carbocycles. The summed E-state index contributed by atoms with van der Waals surface area (Å²) in [5.41, 5.74) is 0.863.